The van der Waals surface area contributed by atoms with E-state index in [0.717, 1.165) is 17.0 Å². The predicted molar refractivity (Wildman–Crippen MR) is 98.6 cm³/mol. The van der Waals surface area contributed by atoms with Crippen LogP contribution in [0.2, 0.25) is 0 Å². The number of benzene rings is 1. The zero-order valence-electron chi connectivity index (χ0n) is 14.8. The summed E-state index contributed by atoms with van der Waals surface area (Å²) in [5, 5.41) is 10.3. The van der Waals surface area contributed by atoms with E-state index in [0.29, 0.717) is 16.8 Å². The number of hydrogen-bond acceptors (Lipinski definition) is 6. The van der Waals surface area contributed by atoms with E-state index < -0.39 is 0 Å². The number of nitrogens with zero attached hydrogens (tertiary/aromatic N) is 3. The van der Waals surface area contributed by atoms with Crippen LogP contribution in [0.1, 0.15) is 37.9 Å². The SMILES string of the molecule is Cc1ccc(-c2cnc(CSc3nc(O)cc(C(C)(C)C)n3)o2)cc1. The largest absolute Gasteiger partial charge is 0.493 e. The monoisotopic (exact) mass is 355 g/mol. The van der Waals surface area contributed by atoms with Gasteiger partial charge in [0.2, 0.25) is 11.8 Å². The van der Waals surface area contributed by atoms with Crippen molar-refractivity contribution in [2.45, 2.75) is 44.0 Å². The van der Waals surface area contributed by atoms with Crippen LogP contribution in [0.4, 0.5) is 0 Å². The van der Waals surface area contributed by atoms with E-state index in [9.17, 15) is 5.11 Å². The maximum absolute atomic E-state index is 9.83. The lowest BCUT2D eigenvalue weighted by molar-refractivity contribution is 0.436. The van der Waals surface area contributed by atoms with Crippen molar-refractivity contribution in [2.24, 2.45) is 0 Å². The second-order valence-corrected chi connectivity index (χ2v) is 7.86. The Morgan fingerprint density at radius 1 is 1.12 bits per heavy atom. The molecule has 0 aliphatic carbocycles. The lowest BCUT2D eigenvalue weighted by Gasteiger charge is -2.17. The molecule has 3 aromatic rings. The first-order chi connectivity index (χ1) is 11.8. The van der Waals surface area contributed by atoms with Gasteiger partial charge in [0.15, 0.2) is 10.9 Å². The summed E-state index contributed by atoms with van der Waals surface area (Å²) in [5.74, 6) is 1.82. The number of thioether (sulfide) groups is 1. The van der Waals surface area contributed by atoms with Crippen molar-refractivity contribution >= 4 is 11.8 Å². The van der Waals surface area contributed by atoms with Gasteiger partial charge < -0.3 is 9.52 Å². The lowest BCUT2D eigenvalue weighted by Crippen LogP contribution is -2.14. The van der Waals surface area contributed by atoms with Crippen molar-refractivity contribution in [3.8, 4) is 17.2 Å². The lowest BCUT2D eigenvalue weighted by atomic mass is 9.92. The van der Waals surface area contributed by atoms with Crippen LogP contribution in [0.15, 0.2) is 46.1 Å². The van der Waals surface area contributed by atoms with Gasteiger partial charge in [-0.25, -0.2) is 9.97 Å². The molecule has 0 spiro atoms. The highest BCUT2D eigenvalue weighted by Gasteiger charge is 2.18. The second-order valence-electron chi connectivity index (χ2n) is 6.92. The first-order valence-corrected chi connectivity index (χ1v) is 9.03. The van der Waals surface area contributed by atoms with Gasteiger partial charge in [0, 0.05) is 17.0 Å². The smallest absolute Gasteiger partial charge is 0.215 e. The highest BCUT2D eigenvalue weighted by atomic mass is 32.2. The van der Waals surface area contributed by atoms with Crippen molar-refractivity contribution in [1.82, 2.24) is 15.0 Å². The minimum absolute atomic E-state index is 0.0184. The second kappa shape index (κ2) is 6.88. The molecule has 0 aliphatic heterocycles. The normalized spacial score (nSPS) is 11.7. The molecule has 0 saturated carbocycles. The van der Waals surface area contributed by atoms with Crippen LogP contribution in [0.5, 0.6) is 5.88 Å². The molecule has 1 N–H and O–H groups in total. The Kier molecular flexibility index (Phi) is 4.81. The molecule has 25 heavy (non-hydrogen) atoms. The average molecular weight is 355 g/mol. The summed E-state index contributed by atoms with van der Waals surface area (Å²) in [6.45, 7) is 8.19. The van der Waals surface area contributed by atoms with Gasteiger partial charge in [0.1, 0.15) is 0 Å². The van der Waals surface area contributed by atoms with E-state index in [1.165, 1.54) is 17.3 Å². The molecular weight excluding hydrogens is 334 g/mol. The maximum Gasteiger partial charge on any atom is 0.215 e. The van der Waals surface area contributed by atoms with E-state index in [-0.39, 0.29) is 11.3 Å². The molecule has 2 heterocycles. The minimum atomic E-state index is -0.155. The Labute approximate surface area is 151 Å². The molecule has 0 atom stereocenters. The minimum Gasteiger partial charge on any atom is -0.493 e. The first kappa shape index (κ1) is 17.5. The quantitative estimate of drug-likeness (QED) is 0.538. The Bertz CT molecular complexity index is 867. The summed E-state index contributed by atoms with van der Waals surface area (Å²) < 4.78 is 5.81. The van der Waals surface area contributed by atoms with Gasteiger partial charge in [-0.05, 0) is 6.92 Å². The van der Waals surface area contributed by atoms with Crippen LogP contribution in [0.3, 0.4) is 0 Å². The molecule has 5 nitrogen and oxygen atoms in total. The summed E-state index contributed by atoms with van der Waals surface area (Å²) in [6, 6.07) is 9.72. The Morgan fingerprint density at radius 3 is 2.52 bits per heavy atom. The van der Waals surface area contributed by atoms with Crippen LogP contribution < -0.4 is 0 Å². The number of aromatic nitrogens is 3. The Hall–Kier alpha value is -2.34. The third-order valence-corrected chi connectivity index (χ3v) is 4.51. The van der Waals surface area contributed by atoms with Crippen LogP contribution in [-0.2, 0) is 11.2 Å². The van der Waals surface area contributed by atoms with Gasteiger partial charge in [-0.2, -0.15) is 4.98 Å². The van der Waals surface area contributed by atoms with Gasteiger partial charge >= 0.3 is 0 Å². The van der Waals surface area contributed by atoms with Crippen molar-refractivity contribution in [3.05, 3.63) is 53.7 Å². The maximum atomic E-state index is 9.83. The molecule has 0 saturated heterocycles. The van der Waals surface area contributed by atoms with E-state index in [1.54, 1.807) is 12.3 Å². The van der Waals surface area contributed by atoms with Crippen molar-refractivity contribution < 1.29 is 9.52 Å². The Morgan fingerprint density at radius 2 is 1.84 bits per heavy atom. The number of rotatable bonds is 4. The molecule has 6 heteroatoms. The fraction of sp³-hybridized carbons (Fsp3) is 0.316. The van der Waals surface area contributed by atoms with Crippen LogP contribution in [0.25, 0.3) is 11.3 Å². The standard InChI is InChI=1S/C19H21N3O2S/c1-12-5-7-13(8-6-12)14-10-20-17(24-14)11-25-18-21-15(19(2,3)4)9-16(23)22-18/h5-10H,11H2,1-4H3,(H,21,22,23). The van der Waals surface area contributed by atoms with Crippen LogP contribution in [-0.4, -0.2) is 20.1 Å². The zero-order chi connectivity index (χ0) is 18.0. The van der Waals surface area contributed by atoms with Crippen molar-refractivity contribution in [2.75, 3.05) is 0 Å². The summed E-state index contributed by atoms with van der Waals surface area (Å²) in [5.41, 5.74) is 2.85. The molecule has 0 unspecified atom stereocenters. The molecular formula is C19H21N3O2S. The van der Waals surface area contributed by atoms with Crippen LogP contribution in [0, 0.1) is 6.92 Å². The highest BCUT2D eigenvalue weighted by molar-refractivity contribution is 7.98. The van der Waals surface area contributed by atoms with E-state index in [1.807, 2.05) is 52.0 Å². The molecule has 3 rings (SSSR count). The van der Waals surface area contributed by atoms with Gasteiger partial charge in [-0.15, -0.1) is 0 Å². The van der Waals surface area contributed by atoms with Gasteiger partial charge in [0.25, 0.3) is 0 Å². The molecule has 0 amide bonds. The molecule has 0 aliphatic rings. The average Bonchev–Trinajstić information content (AvgIpc) is 3.01. The zero-order valence-corrected chi connectivity index (χ0v) is 15.6. The molecule has 130 valence electrons. The molecule has 1 aromatic carbocycles. The summed E-state index contributed by atoms with van der Waals surface area (Å²) in [7, 11) is 0. The fourth-order valence-corrected chi connectivity index (χ4v) is 2.92. The highest BCUT2D eigenvalue weighted by Crippen LogP contribution is 2.28. The van der Waals surface area contributed by atoms with Crippen LogP contribution >= 0.6 is 11.8 Å². The first-order valence-electron chi connectivity index (χ1n) is 8.04. The summed E-state index contributed by atoms with van der Waals surface area (Å²) in [4.78, 5) is 12.9. The predicted octanol–water partition coefficient (Wildman–Crippen LogP) is 4.74. The van der Waals surface area contributed by atoms with Gasteiger partial charge in [0.05, 0.1) is 17.6 Å². The molecule has 0 bridgehead atoms. The number of oxazole rings is 1. The Balaban J connectivity index is 1.72. The topological polar surface area (TPSA) is 72.0 Å². The molecule has 2 aromatic heterocycles. The summed E-state index contributed by atoms with van der Waals surface area (Å²) >= 11 is 1.39. The molecule has 0 radical (unpaired) electrons. The van der Waals surface area contributed by atoms with Crippen molar-refractivity contribution in [3.63, 3.8) is 0 Å². The molecule has 0 fully saturated rings. The van der Waals surface area contributed by atoms with E-state index in [4.69, 9.17) is 4.42 Å². The van der Waals surface area contributed by atoms with E-state index >= 15 is 0 Å². The number of hydrogen-bond donors (Lipinski definition) is 1. The van der Waals surface area contributed by atoms with E-state index in [2.05, 4.69) is 15.0 Å². The van der Waals surface area contributed by atoms with Crippen molar-refractivity contribution in [1.29, 1.82) is 0 Å². The number of aromatic hydroxyl groups is 1. The summed E-state index contributed by atoms with van der Waals surface area (Å²) in [6.07, 6.45) is 1.73. The fourth-order valence-electron chi connectivity index (χ4n) is 2.22. The third kappa shape index (κ3) is 4.39. The van der Waals surface area contributed by atoms with Gasteiger partial charge in [-0.3, -0.25) is 0 Å². The number of aryl methyl sites for hydroxylation is 1. The third-order valence-electron chi connectivity index (χ3n) is 3.67. The van der Waals surface area contributed by atoms with Gasteiger partial charge in [-0.1, -0.05) is 62.4 Å².